The van der Waals surface area contributed by atoms with Gasteiger partial charge in [0.15, 0.2) is 0 Å². The van der Waals surface area contributed by atoms with Gasteiger partial charge in [-0.05, 0) is 30.5 Å². The Morgan fingerprint density at radius 1 is 1.29 bits per heavy atom. The molecule has 0 saturated heterocycles. The minimum atomic E-state index is -0.404. The van der Waals surface area contributed by atoms with Crippen LogP contribution >= 0.6 is 15.9 Å². The van der Waals surface area contributed by atoms with Gasteiger partial charge in [0.25, 0.3) is 11.7 Å². The van der Waals surface area contributed by atoms with Gasteiger partial charge in [0.2, 0.25) is 0 Å². The molecular formula is C13H14BrNO2. The molecule has 1 amide bonds. The molecule has 90 valence electrons. The maximum absolute atomic E-state index is 11.8. The number of ketones is 1. The monoisotopic (exact) mass is 295 g/mol. The highest BCUT2D eigenvalue weighted by Crippen LogP contribution is 2.31. The minimum absolute atomic E-state index is 0.392. The lowest BCUT2D eigenvalue weighted by atomic mass is 10.1. The van der Waals surface area contributed by atoms with E-state index in [0.717, 1.165) is 16.6 Å². The van der Waals surface area contributed by atoms with E-state index >= 15 is 0 Å². The summed E-state index contributed by atoms with van der Waals surface area (Å²) >= 11 is 3.36. The molecule has 2 rings (SSSR count). The van der Waals surface area contributed by atoms with Crippen LogP contribution in [0.5, 0.6) is 0 Å². The Morgan fingerprint density at radius 3 is 2.65 bits per heavy atom. The number of Topliss-reactive ketones (excluding diaryl/α,β-unsaturated/α-hetero) is 1. The van der Waals surface area contributed by atoms with E-state index in [1.807, 2.05) is 6.07 Å². The van der Waals surface area contributed by atoms with Crippen LogP contribution in [0.2, 0.25) is 0 Å². The average Bonchev–Trinajstić information content (AvgIpc) is 2.49. The molecule has 17 heavy (non-hydrogen) atoms. The van der Waals surface area contributed by atoms with Crippen molar-refractivity contribution in [2.45, 2.75) is 20.3 Å². The van der Waals surface area contributed by atoms with Crippen LogP contribution in [-0.4, -0.2) is 18.2 Å². The van der Waals surface area contributed by atoms with Crippen molar-refractivity contribution in [1.29, 1.82) is 0 Å². The zero-order valence-electron chi connectivity index (χ0n) is 9.87. The van der Waals surface area contributed by atoms with E-state index in [2.05, 4.69) is 29.8 Å². The molecular weight excluding hydrogens is 282 g/mol. The number of anilines is 1. The largest absolute Gasteiger partial charge is 0.305 e. The Balaban J connectivity index is 2.33. The van der Waals surface area contributed by atoms with Gasteiger partial charge in [-0.15, -0.1) is 0 Å². The molecule has 1 heterocycles. The van der Waals surface area contributed by atoms with E-state index in [0.29, 0.717) is 18.0 Å². The predicted octanol–water partition coefficient (Wildman–Crippen LogP) is 3.02. The maximum atomic E-state index is 11.8. The maximum Gasteiger partial charge on any atom is 0.299 e. The Kier molecular flexibility index (Phi) is 3.33. The van der Waals surface area contributed by atoms with E-state index in [4.69, 9.17) is 0 Å². The fraction of sp³-hybridized carbons (Fsp3) is 0.385. The molecule has 0 fully saturated rings. The molecule has 0 aromatic heterocycles. The van der Waals surface area contributed by atoms with Gasteiger partial charge >= 0.3 is 0 Å². The Morgan fingerprint density at radius 2 is 2.00 bits per heavy atom. The lowest BCUT2D eigenvalue weighted by molar-refractivity contribution is -0.114. The van der Waals surface area contributed by atoms with Crippen molar-refractivity contribution in [3.05, 3.63) is 28.2 Å². The molecule has 0 bridgehead atoms. The normalized spacial score (nSPS) is 14.7. The third kappa shape index (κ3) is 2.27. The van der Waals surface area contributed by atoms with Crippen LogP contribution in [0.1, 0.15) is 30.6 Å². The standard InChI is InChI=1S/C13H14BrNO2/c1-8(2)5-6-15-11-7-9(14)3-4-10(11)12(16)13(15)17/h3-4,7-8H,5-6H2,1-2H3. The van der Waals surface area contributed by atoms with Crippen molar-refractivity contribution in [1.82, 2.24) is 0 Å². The lowest BCUT2D eigenvalue weighted by Crippen LogP contribution is -2.31. The summed E-state index contributed by atoms with van der Waals surface area (Å²) in [6.07, 6.45) is 0.894. The number of hydrogen-bond acceptors (Lipinski definition) is 2. The fourth-order valence-electron chi connectivity index (χ4n) is 1.88. The van der Waals surface area contributed by atoms with Gasteiger partial charge in [0.1, 0.15) is 0 Å². The van der Waals surface area contributed by atoms with Gasteiger partial charge in [-0.1, -0.05) is 29.8 Å². The van der Waals surface area contributed by atoms with Gasteiger partial charge in [-0.25, -0.2) is 0 Å². The van der Waals surface area contributed by atoms with Crippen LogP contribution in [0.4, 0.5) is 5.69 Å². The first-order valence-corrected chi connectivity index (χ1v) is 6.45. The molecule has 1 aliphatic heterocycles. The van der Waals surface area contributed by atoms with E-state index in [9.17, 15) is 9.59 Å². The zero-order chi connectivity index (χ0) is 12.6. The van der Waals surface area contributed by atoms with Crippen molar-refractivity contribution in [3.8, 4) is 0 Å². The number of benzene rings is 1. The fourth-order valence-corrected chi connectivity index (χ4v) is 2.23. The van der Waals surface area contributed by atoms with Gasteiger partial charge in [0.05, 0.1) is 11.3 Å². The smallest absolute Gasteiger partial charge is 0.299 e. The highest BCUT2D eigenvalue weighted by atomic mass is 79.9. The van der Waals surface area contributed by atoms with Gasteiger partial charge in [-0.3, -0.25) is 9.59 Å². The summed E-state index contributed by atoms with van der Waals surface area (Å²) in [5.74, 6) is -0.288. The molecule has 4 heteroatoms. The molecule has 1 aromatic rings. The number of fused-ring (bicyclic) bond motifs is 1. The third-order valence-corrected chi connectivity index (χ3v) is 3.36. The molecule has 0 atom stereocenters. The predicted molar refractivity (Wildman–Crippen MR) is 70.3 cm³/mol. The number of hydrogen-bond donors (Lipinski definition) is 0. The number of amides is 1. The zero-order valence-corrected chi connectivity index (χ0v) is 11.5. The van der Waals surface area contributed by atoms with Crippen molar-refractivity contribution in [2.24, 2.45) is 5.92 Å². The SMILES string of the molecule is CC(C)CCN1C(=O)C(=O)c2ccc(Br)cc21. The van der Waals surface area contributed by atoms with E-state index in [1.165, 1.54) is 0 Å². The Bertz CT molecular complexity index is 482. The summed E-state index contributed by atoms with van der Waals surface area (Å²) in [6, 6.07) is 5.32. The van der Waals surface area contributed by atoms with Gasteiger partial charge < -0.3 is 4.90 Å². The van der Waals surface area contributed by atoms with Crippen LogP contribution < -0.4 is 4.90 Å². The number of rotatable bonds is 3. The second kappa shape index (κ2) is 4.61. The van der Waals surface area contributed by atoms with Crippen LogP contribution in [-0.2, 0) is 4.79 Å². The van der Waals surface area contributed by atoms with Crippen molar-refractivity contribution >= 4 is 33.3 Å². The van der Waals surface area contributed by atoms with Crippen LogP contribution in [0, 0.1) is 5.92 Å². The van der Waals surface area contributed by atoms with E-state index in [1.54, 1.807) is 17.0 Å². The Labute approximate surface area is 109 Å². The molecule has 0 aliphatic carbocycles. The van der Waals surface area contributed by atoms with E-state index < -0.39 is 11.7 Å². The number of nitrogens with zero attached hydrogens (tertiary/aromatic N) is 1. The minimum Gasteiger partial charge on any atom is -0.305 e. The summed E-state index contributed by atoms with van der Waals surface area (Å²) in [6.45, 7) is 4.81. The van der Waals surface area contributed by atoms with Crippen LogP contribution in [0.25, 0.3) is 0 Å². The number of carbonyl (C=O) groups excluding carboxylic acids is 2. The van der Waals surface area contributed by atoms with Gasteiger partial charge in [-0.2, -0.15) is 0 Å². The van der Waals surface area contributed by atoms with Crippen molar-refractivity contribution in [2.75, 3.05) is 11.4 Å². The summed E-state index contributed by atoms with van der Waals surface area (Å²) < 4.78 is 0.883. The molecule has 0 unspecified atom stereocenters. The summed E-state index contributed by atoms with van der Waals surface area (Å²) in [5.41, 5.74) is 1.25. The third-order valence-electron chi connectivity index (χ3n) is 2.86. The van der Waals surface area contributed by atoms with Crippen LogP contribution in [0.3, 0.4) is 0 Å². The molecule has 1 aromatic carbocycles. The average molecular weight is 296 g/mol. The second-order valence-electron chi connectivity index (χ2n) is 4.63. The quantitative estimate of drug-likeness (QED) is 0.804. The summed E-state index contributed by atoms with van der Waals surface area (Å²) in [5, 5.41) is 0. The highest BCUT2D eigenvalue weighted by molar-refractivity contribution is 9.10. The first kappa shape index (κ1) is 12.3. The molecule has 0 radical (unpaired) electrons. The first-order valence-electron chi connectivity index (χ1n) is 5.66. The molecule has 0 saturated carbocycles. The number of carbonyl (C=O) groups is 2. The highest BCUT2D eigenvalue weighted by Gasteiger charge is 2.35. The Hall–Kier alpha value is -1.16. The second-order valence-corrected chi connectivity index (χ2v) is 5.55. The number of halogens is 1. The summed E-state index contributed by atoms with van der Waals surface area (Å²) in [4.78, 5) is 25.2. The van der Waals surface area contributed by atoms with Crippen molar-refractivity contribution in [3.63, 3.8) is 0 Å². The van der Waals surface area contributed by atoms with Gasteiger partial charge in [0, 0.05) is 11.0 Å². The first-order chi connectivity index (χ1) is 8.00. The van der Waals surface area contributed by atoms with E-state index in [-0.39, 0.29) is 0 Å². The molecule has 0 spiro atoms. The molecule has 1 aliphatic rings. The summed E-state index contributed by atoms with van der Waals surface area (Å²) in [7, 11) is 0. The topological polar surface area (TPSA) is 37.4 Å². The lowest BCUT2D eigenvalue weighted by Gasteiger charge is -2.17. The van der Waals surface area contributed by atoms with Crippen molar-refractivity contribution < 1.29 is 9.59 Å². The molecule has 3 nitrogen and oxygen atoms in total. The van der Waals surface area contributed by atoms with Crippen LogP contribution in [0.15, 0.2) is 22.7 Å². The molecule has 0 N–H and O–H groups in total.